The summed E-state index contributed by atoms with van der Waals surface area (Å²) in [6.45, 7) is 5.31. The average Bonchev–Trinajstić information content (AvgIpc) is 2.47. The molecule has 5 heteroatoms. The second-order valence-electron chi connectivity index (χ2n) is 5.10. The van der Waals surface area contributed by atoms with Crippen molar-refractivity contribution in [2.24, 2.45) is 0 Å². The fourth-order valence-corrected chi connectivity index (χ4v) is 2.18. The lowest BCUT2D eigenvalue weighted by Crippen LogP contribution is -2.25. The number of hydrogen-bond donors (Lipinski definition) is 3. The van der Waals surface area contributed by atoms with E-state index in [1.54, 1.807) is 6.20 Å². The summed E-state index contributed by atoms with van der Waals surface area (Å²) in [7, 11) is 0. The summed E-state index contributed by atoms with van der Waals surface area (Å²) < 4.78 is 0. The summed E-state index contributed by atoms with van der Waals surface area (Å²) in [5, 5.41) is 8.14. The number of rotatable bonds is 6. The second kappa shape index (κ2) is 6.92. The molecule has 112 valence electrons. The van der Waals surface area contributed by atoms with Crippen molar-refractivity contribution in [3.63, 3.8) is 0 Å². The van der Waals surface area contributed by atoms with Gasteiger partial charge in [0.25, 0.3) is 0 Å². The van der Waals surface area contributed by atoms with Crippen molar-refractivity contribution < 1.29 is 4.79 Å². The first-order valence-corrected chi connectivity index (χ1v) is 7.27. The highest BCUT2D eigenvalue weighted by molar-refractivity contribution is 6.00. The van der Waals surface area contributed by atoms with E-state index in [0.717, 1.165) is 35.1 Å². The van der Waals surface area contributed by atoms with Crippen molar-refractivity contribution in [1.29, 1.82) is 0 Å². The van der Waals surface area contributed by atoms with Crippen LogP contribution in [0.25, 0.3) is 10.8 Å². The Morgan fingerprint density at radius 2 is 2.10 bits per heavy atom. The Balaban J connectivity index is 2.07. The van der Waals surface area contributed by atoms with E-state index in [0.29, 0.717) is 18.7 Å². The summed E-state index contributed by atoms with van der Waals surface area (Å²) in [6.07, 6.45) is 3.20. The lowest BCUT2D eigenvalue weighted by molar-refractivity contribution is -0.120. The standard InChI is InChI=1S/C16H22N4O/c1-3-7-19-16(21)6-8-18-15-5-4-14(17)13-10-20-11(2)9-12(13)15/h4-5,9-10,18H,3,6-8,17H2,1-2H3,(H,19,21). The Morgan fingerprint density at radius 1 is 1.29 bits per heavy atom. The number of nitrogen functional groups attached to an aromatic ring is 1. The zero-order chi connectivity index (χ0) is 15.2. The highest BCUT2D eigenvalue weighted by Gasteiger charge is 2.06. The van der Waals surface area contributed by atoms with E-state index in [4.69, 9.17) is 5.73 Å². The molecule has 4 N–H and O–H groups in total. The number of aryl methyl sites for hydroxylation is 1. The van der Waals surface area contributed by atoms with Crippen molar-refractivity contribution in [1.82, 2.24) is 10.3 Å². The van der Waals surface area contributed by atoms with E-state index in [2.05, 4.69) is 15.6 Å². The number of pyridine rings is 1. The highest BCUT2D eigenvalue weighted by atomic mass is 16.1. The molecule has 1 aromatic heterocycles. The number of carbonyl (C=O) groups excluding carboxylic acids is 1. The van der Waals surface area contributed by atoms with Crippen LogP contribution in [0, 0.1) is 6.92 Å². The van der Waals surface area contributed by atoms with Crippen molar-refractivity contribution in [2.45, 2.75) is 26.7 Å². The predicted octanol–water partition coefficient (Wildman–Crippen LogP) is 2.45. The molecule has 0 aliphatic heterocycles. The van der Waals surface area contributed by atoms with E-state index < -0.39 is 0 Å². The summed E-state index contributed by atoms with van der Waals surface area (Å²) >= 11 is 0. The number of aromatic nitrogens is 1. The first-order chi connectivity index (χ1) is 10.1. The largest absolute Gasteiger partial charge is 0.398 e. The third-order valence-corrected chi connectivity index (χ3v) is 3.31. The molecule has 1 aromatic carbocycles. The van der Waals surface area contributed by atoms with Crippen LogP contribution in [0.15, 0.2) is 24.4 Å². The van der Waals surface area contributed by atoms with Gasteiger partial charge in [0.1, 0.15) is 0 Å². The minimum absolute atomic E-state index is 0.0712. The Morgan fingerprint density at radius 3 is 2.86 bits per heavy atom. The molecule has 0 atom stereocenters. The minimum atomic E-state index is 0.0712. The molecule has 0 aliphatic carbocycles. The molecule has 0 spiro atoms. The molecule has 0 bridgehead atoms. The topological polar surface area (TPSA) is 80.0 Å². The Labute approximate surface area is 124 Å². The molecule has 0 radical (unpaired) electrons. The van der Waals surface area contributed by atoms with Crippen LogP contribution in [-0.4, -0.2) is 24.0 Å². The molecule has 0 unspecified atom stereocenters. The van der Waals surface area contributed by atoms with Crippen LogP contribution in [0.1, 0.15) is 25.5 Å². The van der Waals surface area contributed by atoms with Crippen molar-refractivity contribution in [3.8, 4) is 0 Å². The SMILES string of the molecule is CCCNC(=O)CCNc1ccc(N)c2cnc(C)cc12. The second-order valence-corrected chi connectivity index (χ2v) is 5.10. The zero-order valence-electron chi connectivity index (χ0n) is 12.6. The summed E-state index contributed by atoms with van der Waals surface area (Å²) in [5.74, 6) is 0.0712. The molecule has 21 heavy (non-hydrogen) atoms. The van der Waals surface area contributed by atoms with E-state index in [9.17, 15) is 4.79 Å². The quantitative estimate of drug-likeness (QED) is 0.713. The Hall–Kier alpha value is -2.30. The van der Waals surface area contributed by atoms with Gasteiger partial charge >= 0.3 is 0 Å². The Bertz CT molecular complexity index is 639. The van der Waals surface area contributed by atoms with Gasteiger partial charge in [-0.3, -0.25) is 9.78 Å². The first kappa shape index (κ1) is 15.1. The number of nitrogens with two attached hydrogens (primary N) is 1. The van der Waals surface area contributed by atoms with Crippen LogP contribution in [0.3, 0.4) is 0 Å². The van der Waals surface area contributed by atoms with Gasteiger partial charge < -0.3 is 16.4 Å². The van der Waals surface area contributed by atoms with Gasteiger partial charge in [0.2, 0.25) is 5.91 Å². The molecule has 5 nitrogen and oxygen atoms in total. The fraction of sp³-hybridized carbons (Fsp3) is 0.375. The lowest BCUT2D eigenvalue weighted by Gasteiger charge is -2.12. The maximum Gasteiger partial charge on any atom is 0.221 e. The molecular weight excluding hydrogens is 264 g/mol. The van der Waals surface area contributed by atoms with Gasteiger partial charge in [-0.1, -0.05) is 6.92 Å². The number of hydrogen-bond acceptors (Lipinski definition) is 4. The molecule has 0 fully saturated rings. The van der Waals surface area contributed by atoms with Gasteiger partial charge in [-0.25, -0.2) is 0 Å². The van der Waals surface area contributed by atoms with Gasteiger partial charge in [-0.2, -0.15) is 0 Å². The molecule has 0 saturated carbocycles. The third-order valence-electron chi connectivity index (χ3n) is 3.31. The van der Waals surface area contributed by atoms with E-state index >= 15 is 0 Å². The fourth-order valence-electron chi connectivity index (χ4n) is 2.18. The van der Waals surface area contributed by atoms with Gasteiger partial charge in [-0.15, -0.1) is 0 Å². The summed E-state index contributed by atoms with van der Waals surface area (Å²) in [5.41, 5.74) is 8.61. The molecular formula is C16H22N4O. The Kier molecular flexibility index (Phi) is 4.98. The van der Waals surface area contributed by atoms with Gasteiger partial charge in [0.05, 0.1) is 0 Å². The molecule has 2 aromatic rings. The van der Waals surface area contributed by atoms with Crippen LogP contribution >= 0.6 is 0 Å². The predicted molar refractivity (Wildman–Crippen MR) is 87.3 cm³/mol. The van der Waals surface area contributed by atoms with Crippen molar-refractivity contribution in [2.75, 3.05) is 24.1 Å². The summed E-state index contributed by atoms with van der Waals surface area (Å²) in [4.78, 5) is 15.9. The third kappa shape index (κ3) is 3.84. The van der Waals surface area contributed by atoms with Gasteiger partial charge in [-0.05, 0) is 31.5 Å². The highest BCUT2D eigenvalue weighted by Crippen LogP contribution is 2.28. The van der Waals surface area contributed by atoms with Crippen LogP contribution < -0.4 is 16.4 Å². The molecule has 1 amide bonds. The number of amides is 1. The zero-order valence-corrected chi connectivity index (χ0v) is 12.6. The van der Waals surface area contributed by atoms with Crippen LogP contribution in [-0.2, 0) is 4.79 Å². The average molecular weight is 286 g/mol. The normalized spacial score (nSPS) is 10.6. The smallest absolute Gasteiger partial charge is 0.221 e. The maximum absolute atomic E-state index is 11.6. The summed E-state index contributed by atoms with van der Waals surface area (Å²) in [6, 6.07) is 5.81. The number of nitrogens with zero attached hydrogens (tertiary/aromatic N) is 1. The van der Waals surface area contributed by atoms with Crippen LogP contribution in [0.2, 0.25) is 0 Å². The minimum Gasteiger partial charge on any atom is -0.398 e. The van der Waals surface area contributed by atoms with E-state index in [-0.39, 0.29) is 5.91 Å². The van der Waals surface area contributed by atoms with E-state index in [1.165, 1.54) is 0 Å². The lowest BCUT2D eigenvalue weighted by atomic mass is 10.1. The van der Waals surface area contributed by atoms with Gasteiger partial charge in [0, 0.05) is 53.5 Å². The van der Waals surface area contributed by atoms with Crippen molar-refractivity contribution in [3.05, 3.63) is 30.1 Å². The van der Waals surface area contributed by atoms with Crippen LogP contribution in [0.5, 0.6) is 0 Å². The molecule has 2 rings (SSSR count). The molecule has 0 saturated heterocycles. The number of nitrogens with one attached hydrogen (secondary N) is 2. The monoisotopic (exact) mass is 286 g/mol. The number of fused-ring (bicyclic) bond motifs is 1. The van der Waals surface area contributed by atoms with E-state index in [1.807, 2.05) is 32.0 Å². The van der Waals surface area contributed by atoms with Crippen LogP contribution in [0.4, 0.5) is 11.4 Å². The number of anilines is 2. The van der Waals surface area contributed by atoms with Crippen molar-refractivity contribution >= 4 is 28.1 Å². The molecule has 1 heterocycles. The van der Waals surface area contributed by atoms with Gasteiger partial charge in [0.15, 0.2) is 0 Å². The molecule has 0 aliphatic rings. The number of carbonyl (C=O) groups is 1. The first-order valence-electron chi connectivity index (χ1n) is 7.27. The maximum atomic E-state index is 11.6. The number of benzene rings is 1.